The first-order chi connectivity index (χ1) is 6.36. The highest BCUT2D eigenvalue weighted by Crippen LogP contribution is 2.18. The van der Waals surface area contributed by atoms with Crippen molar-refractivity contribution in [2.75, 3.05) is 6.61 Å². The number of aliphatic hydroxyl groups excluding tert-OH is 1. The molecule has 0 radical (unpaired) electrons. The van der Waals surface area contributed by atoms with Gasteiger partial charge < -0.3 is 9.84 Å². The average Bonchev–Trinajstić information content (AvgIpc) is 2.74. The van der Waals surface area contributed by atoms with Crippen molar-refractivity contribution in [2.24, 2.45) is 0 Å². The van der Waals surface area contributed by atoms with Crippen LogP contribution in [0.2, 0.25) is 0 Å². The summed E-state index contributed by atoms with van der Waals surface area (Å²) in [5.41, 5.74) is 1.17. The summed E-state index contributed by atoms with van der Waals surface area (Å²) >= 11 is 1.65. The molecule has 0 aromatic carbocycles. The Morgan fingerprint density at radius 3 is 3.15 bits per heavy atom. The van der Waals surface area contributed by atoms with E-state index in [1.807, 2.05) is 17.5 Å². The Labute approximate surface area is 81.5 Å². The van der Waals surface area contributed by atoms with Crippen LogP contribution in [0, 0.1) is 0 Å². The molecular weight excluding hydrogens is 184 g/mol. The Balaban J connectivity index is 1.95. The van der Waals surface area contributed by atoms with Gasteiger partial charge in [0.1, 0.15) is 11.9 Å². The molecule has 1 atom stereocenters. The molecule has 0 spiro atoms. The van der Waals surface area contributed by atoms with E-state index in [1.165, 1.54) is 5.56 Å². The van der Waals surface area contributed by atoms with Crippen LogP contribution in [-0.4, -0.2) is 17.8 Å². The van der Waals surface area contributed by atoms with E-state index >= 15 is 0 Å². The molecule has 70 valence electrons. The second-order valence-corrected chi connectivity index (χ2v) is 3.88. The van der Waals surface area contributed by atoms with Crippen molar-refractivity contribution in [2.45, 2.75) is 18.9 Å². The summed E-state index contributed by atoms with van der Waals surface area (Å²) in [6, 6.07) is 2.03. The molecule has 1 aliphatic heterocycles. The second-order valence-electron chi connectivity index (χ2n) is 3.10. The molecule has 1 unspecified atom stereocenters. The number of aliphatic hydroxyl groups is 1. The van der Waals surface area contributed by atoms with Crippen LogP contribution in [0.15, 0.2) is 28.7 Å². The Kier molecular flexibility index (Phi) is 2.66. The molecule has 1 aromatic heterocycles. The topological polar surface area (TPSA) is 29.5 Å². The molecule has 1 N–H and O–H groups in total. The molecule has 0 bridgehead atoms. The minimum Gasteiger partial charge on any atom is -0.495 e. The van der Waals surface area contributed by atoms with Crippen LogP contribution in [0.4, 0.5) is 0 Å². The Hall–Kier alpha value is -0.800. The van der Waals surface area contributed by atoms with Gasteiger partial charge in [-0.25, -0.2) is 0 Å². The molecular formula is C10H12O2S. The lowest BCUT2D eigenvalue weighted by Gasteiger charge is -2.10. The van der Waals surface area contributed by atoms with E-state index in [-0.39, 0.29) is 0 Å². The number of thiophene rings is 1. The zero-order valence-corrected chi connectivity index (χ0v) is 8.09. The van der Waals surface area contributed by atoms with Gasteiger partial charge in [-0.15, -0.1) is 0 Å². The minimum absolute atomic E-state index is 0.461. The maximum Gasteiger partial charge on any atom is 0.121 e. The molecule has 0 saturated heterocycles. The Morgan fingerprint density at radius 1 is 1.62 bits per heavy atom. The third kappa shape index (κ3) is 2.11. The first-order valence-electron chi connectivity index (χ1n) is 4.38. The maximum atomic E-state index is 9.73. The van der Waals surface area contributed by atoms with Gasteiger partial charge in [-0.3, -0.25) is 0 Å². The quantitative estimate of drug-likeness (QED) is 0.800. The van der Waals surface area contributed by atoms with Gasteiger partial charge in [0.2, 0.25) is 0 Å². The Morgan fingerprint density at radius 2 is 2.54 bits per heavy atom. The van der Waals surface area contributed by atoms with E-state index in [2.05, 4.69) is 5.38 Å². The largest absolute Gasteiger partial charge is 0.495 e. The van der Waals surface area contributed by atoms with Gasteiger partial charge in [0.05, 0.1) is 6.61 Å². The monoisotopic (exact) mass is 196 g/mol. The third-order valence-electron chi connectivity index (χ3n) is 2.07. The molecule has 13 heavy (non-hydrogen) atoms. The predicted molar refractivity (Wildman–Crippen MR) is 52.7 cm³/mol. The van der Waals surface area contributed by atoms with Gasteiger partial charge in [0.25, 0.3) is 0 Å². The van der Waals surface area contributed by atoms with Crippen LogP contribution < -0.4 is 0 Å². The van der Waals surface area contributed by atoms with E-state index in [0.717, 1.165) is 18.8 Å². The lowest BCUT2D eigenvalue weighted by molar-refractivity contribution is 0.118. The number of ether oxygens (including phenoxy) is 1. The van der Waals surface area contributed by atoms with Gasteiger partial charge in [0.15, 0.2) is 0 Å². The lowest BCUT2D eigenvalue weighted by atomic mass is 10.1. The summed E-state index contributed by atoms with van der Waals surface area (Å²) in [5, 5.41) is 13.8. The molecule has 1 aromatic rings. The molecule has 0 saturated carbocycles. The van der Waals surface area contributed by atoms with E-state index in [0.29, 0.717) is 6.42 Å². The smallest absolute Gasteiger partial charge is 0.121 e. The summed E-state index contributed by atoms with van der Waals surface area (Å²) in [5.74, 6) is 0.742. The van der Waals surface area contributed by atoms with E-state index in [1.54, 1.807) is 11.3 Å². The van der Waals surface area contributed by atoms with Crippen molar-refractivity contribution in [3.63, 3.8) is 0 Å². The normalized spacial score (nSPS) is 18.1. The number of hydrogen-bond donors (Lipinski definition) is 1. The van der Waals surface area contributed by atoms with Crippen molar-refractivity contribution < 1.29 is 9.84 Å². The first-order valence-corrected chi connectivity index (χ1v) is 5.32. The molecule has 2 nitrogen and oxygen atoms in total. The zero-order valence-electron chi connectivity index (χ0n) is 7.27. The number of hydrogen-bond acceptors (Lipinski definition) is 3. The third-order valence-corrected chi connectivity index (χ3v) is 2.80. The van der Waals surface area contributed by atoms with Gasteiger partial charge in [0, 0.05) is 12.8 Å². The van der Waals surface area contributed by atoms with Crippen molar-refractivity contribution in [1.29, 1.82) is 0 Å². The van der Waals surface area contributed by atoms with Gasteiger partial charge in [-0.05, 0) is 28.5 Å². The van der Waals surface area contributed by atoms with Crippen LogP contribution in [0.5, 0.6) is 0 Å². The van der Waals surface area contributed by atoms with Crippen molar-refractivity contribution in [3.8, 4) is 0 Å². The van der Waals surface area contributed by atoms with Crippen LogP contribution >= 0.6 is 11.3 Å². The fourth-order valence-corrected chi connectivity index (χ4v) is 2.08. The van der Waals surface area contributed by atoms with E-state index in [4.69, 9.17) is 4.74 Å². The molecule has 0 aliphatic carbocycles. The summed E-state index contributed by atoms with van der Waals surface area (Å²) < 4.78 is 5.28. The Bertz CT molecular complexity index is 290. The van der Waals surface area contributed by atoms with Gasteiger partial charge in [-0.1, -0.05) is 0 Å². The zero-order chi connectivity index (χ0) is 9.10. The van der Waals surface area contributed by atoms with Crippen LogP contribution in [0.25, 0.3) is 0 Å². The standard InChI is InChI=1S/C10H12O2S/c11-9(10-2-1-4-12-10)6-8-3-5-13-7-8/h2-3,5,7,9,11H,1,4,6H2. The molecule has 0 fully saturated rings. The molecule has 2 heterocycles. The molecule has 1 aliphatic rings. The van der Waals surface area contributed by atoms with Gasteiger partial charge >= 0.3 is 0 Å². The summed E-state index contributed by atoms with van der Waals surface area (Å²) in [4.78, 5) is 0. The lowest BCUT2D eigenvalue weighted by Crippen LogP contribution is -2.13. The van der Waals surface area contributed by atoms with Crippen LogP contribution in [0.1, 0.15) is 12.0 Å². The van der Waals surface area contributed by atoms with E-state index in [9.17, 15) is 5.11 Å². The highest BCUT2D eigenvalue weighted by atomic mass is 32.1. The maximum absolute atomic E-state index is 9.73. The van der Waals surface area contributed by atoms with Gasteiger partial charge in [-0.2, -0.15) is 11.3 Å². The summed E-state index contributed by atoms with van der Waals surface area (Å²) in [6.45, 7) is 0.718. The minimum atomic E-state index is -0.461. The van der Waals surface area contributed by atoms with Crippen molar-refractivity contribution in [3.05, 3.63) is 34.2 Å². The number of rotatable bonds is 3. The van der Waals surface area contributed by atoms with Crippen LogP contribution in [0.3, 0.4) is 0 Å². The predicted octanol–water partition coefficient (Wildman–Crippen LogP) is 1.96. The molecule has 2 rings (SSSR count). The first kappa shape index (κ1) is 8.78. The van der Waals surface area contributed by atoms with Crippen LogP contribution in [-0.2, 0) is 11.2 Å². The SMILES string of the molecule is OC(Cc1ccsc1)C1=CCCO1. The van der Waals surface area contributed by atoms with E-state index < -0.39 is 6.10 Å². The summed E-state index contributed by atoms with van der Waals surface area (Å²) in [6.07, 6.45) is 3.10. The molecule has 3 heteroatoms. The average molecular weight is 196 g/mol. The molecule has 0 amide bonds. The fourth-order valence-electron chi connectivity index (χ4n) is 1.40. The highest BCUT2D eigenvalue weighted by molar-refractivity contribution is 7.07. The van der Waals surface area contributed by atoms with Crippen molar-refractivity contribution >= 4 is 11.3 Å². The fraction of sp³-hybridized carbons (Fsp3) is 0.400. The second kappa shape index (κ2) is 3.94. The van der Waals surface area contributed by atoms with Crippen molar-refractivity contribution in [1.82, 2.24) is 0 Å². The highest BCUT2D eigenvalue weighted by Gasteiger charge is 2.16. The summed E-state index contributed by atoms with van der Waals surface area (Å²) in [7, 11) is 0.